The van der Waals surface area contributed by atoms with Crippen molar-refractivity contribution in [1.29, 1.82) is 0 Å². The average molecular weight is 244 g/mol. The van der Waals surface area contributed by atoms with Crippen molar-refractivity contribution >= 4 is 17.3 Å². The molecule has 1 aromatic heterocycles. The molecule has 5 nitrogen and oxygen atoms in total. The van der Waals surface area contributed by atoms with Crippen LogP contribution < -0.4 is 15.8 Å². The molecule has 0 bridgehead atoms. The molecule has 0 aliphatic heterocycles. The largest absolute Gasteiger partial charge is 0.492 e. The maximum absolute atomic E-state index is 5.69. The second-order valence-electron chi connectivity index (χ2n) is 3.78. The van der Waals surface area contributed by atoms with Crippen molar-refractivity contribution < 1.29 is 4.74 Å². The maximum Gasteiger partial charge on any atom is 0.142 e. The number of rotatable bonds is 4. The van der Waals surface area contributed by atoms with E-state index in [1.54, 1.807) is 13.0 Å². The fourth-order valence-electron chi connectivity index (χ4n) is 1.64. The Kier molecular flexibility index (Phi) is 3.62. The number of anilines is 3. The normalized spacial score (nSPS) is 10.1. The van der Waals surface area contributed by atoms with E-state index in [9.17, 15) is 0 Å². The van der Waals surface area contributed by atoms with Gasteiger partial charge in [-0.25, -0.2) is 9.97 Å². The van der Waals surface area contributed by atoms with E-state index in [4.69, 9.17) is 10.5 Å². The molecule has 0 radical (unpaired) electrons. The predicted molar refractivity (Wildman–Crippen MR) is 72.1 cm³/mol. The van der Waals surface area contributed by atoms with Crippen LogP contribution in [0.2, 0.25) is 0 Å². The van der Waals surface area contributed by atoms with Gasteiger partial charge >= 0.3 is 0 Å². The van der Waals surface area contributed by atoms with E-state index in [2.05, 4.69) is 15.3 Å². The van der Waals surface area contributed by atoms with Crippen molar-refractivity contribution in [2.75, 3.05) is 17.7 Å². The van der Waals surface area contributed by atoms with Gasteiger partial charge in [0.15, 0.2) is 0 Å². The topological polar surface area (TPSA) is 73.1 Å². The molecule has 0 amide bonds. The quantitative estimate of drug-likeness (QED) is 0.864. The fourth-order valence-corrected chi connectivity index (χ4v) is 1.64. The van der Waals surface area contributed by atoms with Crippen molar-refractivity contribution in [3.8, 4) is 5.75 Å². The van der Waals surface area contributed by atoms with Crippen LogP contribution in [-0.2, 0) is 0 Å². The van der Waals surface area contributed by atoms with Crippen LogP contribution in [0.5, 0.6) is 5.75 Å². The summed E-state index contributed by atoms with van der Waals surface area (Å²) >= 11 is 0. The molecule has 5 heteroatoms. The number of nitrogens with zero attached hydrogens (tertiary/aromatic N) is 2. The molecule has 0 aliphatic carbocycles. The summed E-state index contributed by atoms with van der Waals surface area (Å²) in [6, 6.07) is 9.38. The Morgan fingerprint density at radius 3 is 2.78 bits per heavy atom. The molecule has 2 rings (SSSR count). The van der Waals surface area contributed by atoms with Crippen LogP contribution in [0.25, 0.3) is 0 Å². The number of nitrogens with two attached hydrogens (primary N) is 1. The Morgan fingerprint density at radius 2 is 2.06 bits per heavy atom. The standard InChI is InChI=1S/C13H16N4O/c1-3-18-11-7-5-4-6-10(11)17-13-8-12(14)15-9(2)16-13/h4-8H,3H2,1-2H3,(H3,14,15,16,17). The van der Waals surface area contributed by atoms with E-state index in [0.29, 0.717) is 24.1 Å². The highest BCUT2D eigenvalue weighted by atomic mass is 16.5. The number of aromatic nitrogens is 2. The minimum absolute atomic E-state index is 0.443. The van der Waals surface area contributed by atoms with Gasteiger partial charge in [0.05, 0.1) is 12.3 Å². The zero-order valence-corrected chi connectivity index (χ0v) is 10.5. The lowest BCUT2D eigenvalue weighted by Crippen LogP contribution is -2.02. The first-order valence-electron chi connectivity index (χ1n) is 5.79. The van der Waals surface area contributed by atoms with Gasteiger partial charge in [0.1, 0.15) is 23.2 Å². The van der Waals surface area contributed by atoms with Crippen LogP contribution in [0.4, 0.5) is 17.3 Å². The molecule has 18 heavy (non-hydrogen) atoms. The molecule has 0 unspecified atom stereocenters. The molecule has 2 aromatic rings. The van der Waals surface area contributed by atoms with Gasteiger partial charge in [0, 0.05) is 6.07 Å². The minimum atomic E-state index is 0.443. The summed E-state index contributed by atoms with van der Waals surface area (Å²) in [5, 5.41) is 3.18. The van der Waals surface area contributed by atoms with Crippen molar-refractivity contribution in [3.05, 3.63) is 36.2 Å². The number of hydrogen-bond donors (Lipinski definition) is 2. The molecule has 94 valence electrons. The Balaban J connectivity index is 2.27. The SMILES string of the molecule is CCOc1ccccc1Nc1cc(N)nc(C)n1. The summed E-state index contributed by atoms with van der Waals surface area (Å²) in [6.07, 6.45) is 0. The first-order valence-corrected chi connectivity index (χ1v) is 5.79. The van der Waals surface area contributed by atoms with E-state index < -0.39 is 0 Å². The van der Waals surface area contributed by atoms with Gasteiger partial charge in [-0.15, -0.1) is 0 Å². The summed E-state index contributed by atoms with van der Waals surface area (Å²) in [4.78, 5) is 8.30. The molecule has 1 heterocycles. The van der Waals surface area contributed by atoms with Crippen LogP contribution in [0.1, 0.15) is 12.7 Å². The predicted octanol–water partition coefficient (Wildman–Crippen LogP) is 2.51. The van der Waals surface area contributed by atoms with Crippen molar-refractivity contribution in [2.24, 2.45) is 0 Å². The lowest BCUT2D eigenvalue weighted by Gasteiger charge is -2.12. The van der Waals surface area contributed by atoms with E-state index in [-0.39, 0.29) is 0 Å². The zero-order chi connectivity index (χ0) is 13.0. The van der Waals surface area contributed by atoms with Crippen molar-refractivity contribution in [3.63, 3.8) is 0 Å². The van der Waals surface area contributed by atoms with Gasteiger partial charge in [-0.3, -0.25) is 0 Å². The van der Waals surface area contributed by atoms with Gasteiger partial charge < -0.3 is 15.8 Å². The maximum atomic E-state index is 5.69. The van der Waals surface area contributed by atoms with E-state index in [1.165, 1.54) is 0 Å². The fraction of sp³-hybridized carbons (Fsp3) is 0.231. The first-order chi connectivity index (χ1) is 8.69. The van der Waals surface area contributed by atoms with E-state index in [0.717, 1.165) is 11.4 Å². The van der Waals surface area contributed by atoms with Crippen LogP contribution in [0.3, 0.4) is 0 Å². The van der Waals surface area contributed by atoms with Gasteiger partial charge in [-0.1, -0.05) is 12.1 Å². The highest BCUT2D eigenvalue weighted by Crippen LogP contribution is 2.26. The molecule has 0 fully saturated rings. The monoisotopic (exact) mass is 244 g/mol. The molecule has 0 spiro atoms. The average Bonchev–Trinajstić information content (AvgIpc) is 2.30. The number of nitrogens with one attached hydrogen (secondary N) is 1. The van der Waals surface area contributed by atoms with Gasteiger partial charge in [0.25, 0.3) is 0 Å². The van der Waals surface area contributed by atoms with Crippen LogP contribution >= 0.6 is 0 Å². The molecular weight excluding hydrogens is 228 g/mol. The number of para-hydroxylation sites is 2. The molecule has 3 N–H and O–H groups in total. The third-order valence-corrected chi connectivity index (χ3v) is 2.31. The Hall–Kier alpha value is -2.30. The van der Waals surface area contributed by atoms with Crippen molar-refractivity contribution in [1.82, 2.24) is 9.97 Å². The summed E-state index contributed by atoms with van der Waals surface area (Å²) in [5.41, 5.74) is 6.55. The van der Waals surface area contributed by atoms with Crippen molar-refractivity contribution in [2.45, 2.75) is 13.8 Å². The third kappa shape index (κ3) is 2.88. The number of hydrogen-bond acceptors (Lipinski definition) is 5. The van der Waals surface area contributed by atoms with Crippen LogP contribution in [0, 0.1) is 6.92 Å². The Bertz CT molecular complexity index is 522. The zero-order valence-electron chi connectivity index (χ0n) is 10.5. The highest BCUT2D eigenvalue weighted by molar-refractivity contribution is 5.65. The summed E-state index contributed by atoms with van der Waals surface area (Å²) in [6.45, 7) is 4.36. The molecule has 0 saturated heterocycles. The highest BCUT2D eigenvalue weighted by Gasteiger charge is 2.04. The van der Waals surface area contributed by atoms with Gasteiger partial charge in [-0.05, 0) is 26.0 Å². The molecule has 0 aliphatic rings. The lowest BCUT2D eigenvalue weighted by atomic mass is 10.3. The molecule has 0 saturated carbocycles. The summed E-state index contributed by atoms with van der Waals surface area (Å²) in [5.74, 6) is 2.52. The van der Waals surface area contributed by atoms with E-state index in [1.807, 2.05) is 31.2 Å². The summed E-state index contributed by atoms with van der Waals surface area (Å²) < 4.78 is 5.53. The second kappa shape index (κ2) is 5.35. The number of ether oxygens (including phenoxy) is 1. The van der Waals surface area contributed by atoms with Crippen LogP contribution in [0.15, 0.2) is 30.3 Å². The smallest absolute Gasteiger partial charge is 0.142 e. The minimum Gasteiger partial charge on any atom is -0.492 e. The van der Waals surface area contributed by atoms with Gasteiger partial charge in [-0.2, -0.15) is 0 Å². The van der Waals surface area contributed by atoms with Gasteiger partial charge in [0.2, 0.25) is 0 Å². The first kappa shape index (κ1) is 12.2. The number of aryl methyl sites for hydroxylation is 1. The number of nitrogen functional groups attached to an aromatic ring is 1. The lowest BCUT2D eigenvalue weighted by molar-refractivity contribution is 0.342. The second-order valence-corrected chi connectivity index (χ2v) is 3.78. The summed E-state index contributed by atoms with van der Waals surface area (Å²) in [7, 11) is 0. The third-order valence-electron chi connectivity index (χ3n) is 2.31. The molecular formula is C13H16N4O. The molecule has 0 atom stereocenters. The number of benzene rings is 1. The Labute approximate surface area is 106 Å². The van der Waals surface area contributed by atoms with Crippen LogP contribution in [-0.4, -0.2) is 16.6 Å². The Morgan fingerprint density at radius 1 is 1.28 bits per heavy atom. The molecule has 1 aromatic carbocycles. The van der Waals surface area contributed by atoms with E-state index >= 15 is 0 Å².